The molecule has 0 amide bonds. The third-order valence-electron chi connectivity index (χ3n) is 4.34. The van der Waals surface area contributed by atoms with Gasteiger partial charge in [0.1, 0.15) is 5.54 Å². The Hall–Kier alpha value is -0.590. The zero-order valence-corrected chi connectivity index (χ0v) is 10.4. The highest BCUT2D eigenvalue weighted by molar-refractivity contribution is 5.13. The van der Waals surface area contributed by atoms with E-state index in [1.807, 2.05) is 0 Å². The Morgan fingerprint density at radius 2 is 1.94 bits per heavy atom. The molecule has 0 aromatic rings. The summed E-state index contributed by atoms with van der Waals surface area (Å²) in [6.45, 7) is 7.92. The van der Waals surface area contributed by atoms with Crippen molar-refractivity contribution in [3.63, 3.8) is 0 Å². The summed E-state index contributed by atoms with van der Waals surface area (Å²) >= 11 is 0. The molecule has 1 heterocycles. The van der Waals surface area contributed by atoms with Crippen molar-refractivity contribution in [3.05, 3.63) is 0 Å². The summed E-state index contributed by atoms with van der Waals surface area (Å²) in [5.74, 6) is 1.17. The largest absolute Gasteiger partial charge is 0.379 e. The molecule has 0 N–H and O–H groups in total. The predicted molar refractivity (Wildman–Crippen MR) is 62.9 cm³/mol. The van der Waals surface area contributed by atoms with Crippen LogP contribution in [0.1, 0.15) is 33.1 Å². The molecule has 0 aromatic heterocycles. The molecule has 0 radical (unpaired) electrons. The van der Waals surface area contributed by atoms with Crippen LogP contribution >= 0.6 is 0 Å². The third-order valence-corrected chi connectivity index (χ3v) is 4.34. The summed E-state index contributed by atoms with van der Waals surface area (Å²) in [5.41, 5.74) is -0.221. The van der Waals surface area contributed by atoms with E-state index >= 15 is 0 Å². The van der Waals surface area contributed by atoms with Crippen LogP contribution in [-0.4, -0.2) is 36.7 Å². The standard InChI is InChI=1S/C13H22N2O/c1-11-3-4-12(2)13(9-11,10-14)15-5-7-16-8-6-15/h11-12H,3-9H2,1-2H3. The number of rotatable bonds is 1. The zero-order valence-electron chi connectivity index (χ0n) is 10.4. The highest BCUT2D eigenvalue weighted by Gasteiger charge is 2.45. The predicted octanol–water partition coefficient (Wildman–Crippen LogP) is 2.04. The smallest absolute Gasteiger partial charge is 0.112 e. The normalized spacial score (nSPS) is 41.6. The minimum absolute atomic E-state index is 0.221. The lowest BCUT2D eigenvalue weighted by atomic mass is 9.69. The second kappa shape index (κ2) is 4.73. The van der Waals surface area contributed by atoms with Gasteiger partial charge in [-0.1, -0.05) is 20.3 Å². The molecule has 1 aliphatic heterocycles. The fourth-order valence-corrected chi connectivity index (χ4v) is 3.24. The molecule has 3 unspecified atom stereocenters. The summed E-state index contributed by atoms with van der Waals surface area (Å²) in [7, 11) is 0. The maximum atomic E-state index is 9.65. The van der Waals surface area contributed by atoms with Gasteiger partial charge in [0.15, 0.2) is 0 Å². The lowest BCUT2D eigenvalue weighted by molar-refractivity contribution is -0.0410. The quantitative estimate of drug-likeness (QED) is 0.681. The summed E-state index contributed by atoms with van der Waals surface area (Å²) in [4.78, 5) is 2.37. The molecule has 2 rings (SSSR count). The van der Waals surface area contributed by atoms with Crippen LogP contribution in [0.5, 0.6) is 0 Å². The van der Waals surface area contributed by atoms with Crippen LogP contribution in [0.3, 0.4) is 0 Å². The van der Waals surface area contributed by atoms with Gasteiger partial charge in [-0.2, -0.15) is 5.26 Å². The SMILES string of the molecule is CC1CCC(C)C(C#N)(N2CCOCC2)C1. The molecule has 16 heavy (non-hydrogen) atoms. The Labute approximate surface area is 98.4 Å². The van der Waals surface area contributed by atoms with E-state index in [0.29, 0.717) is 11.8 Å². The monoisotopic (exact) mass is 222 g/mol. The van der Waals surface area contributed by atoms with E-state index in [0.717, 1.165) is 32.7 Å². The first-order valence-electron chi connectivity index (χ1n) is 6.43. The minimum Gasteiger partial charge on any atom is -0.379 e. The van der Waals surface area contributed by atoms with Gasteiger partial charge in [-0.15, -0.1) is 0 Å². The number of ether oxygens (including phenoxy) is 1. The highest BCUT2D eigenvalue weighted by atomic mass is 16.5. The van der Waals surface area contributed by atoms with Crippen LogP contribution in [0.2, 0.25) is 0 Å². The Kier molecular flexibility index (Phi) is 3.51. The van der Waals surface area contributed by atoms with Gasteiger partial charge < -0.3 is 4.74 Å². The van der Waals surface area contributed by atoms with Crippen LogP contribution in [0, 0.1) is 23.2 Å². The topological polar surface area (TPSA) is 36.3 Å². The Balaban J connectivity index is 2.18. The van der Waals surface area contributed by atoms with Gasteiger partial charge in [-0.05, 0) is 24.7 Å². The van der Waals surface area contributed by atoms with Gasteiger partial charge in [0, 0.05) is 13.1 Å². The summed E-state index contributed by atoms with van der Waals surface area (Å²) < 4.78 is 5.39. The van der Waals surface area contributed by atoms with Crippen LogP contribution in [0.25, 0.3) is 0 Å². The molecule has 2 fully saturated rings. The van der Waals surface area contributed by atoms with Crippen molar-refractivity contribution in [3.8, 4) is 6.07 Å². The number of nitrogens with zero attached hydrogens (tertiary/aromatic N) is 2. The first-order chi connectivity index (χ1) is 7.69. The molecule has 2 aliphatic rings. The lowest BCUT2D eigenvalue weighted by Gasteiger charge is -2.48. The van der Waals surface area contributed by atoms with E-state index in [4.69, 9.17) is 4.74 Å². The average molecular weight is 222 g/mol. The highest BCUT2D eigenvalue weighted by Crippen LogP contribution is 2.40. The fourth-order valence-electron chi connectivity index (χ4n) is 3.24. The summed E-state index contributed by atoms with van der Waals surface area (Å²) in [6.07, 6.45) is 3.49. The van der Waals surface area contributed by atoms with Gasteiger partial charge in [-0.25, -0.2) is 0 Å². The number of hydrogen-bond donors (Lipinski definition) is 0. The van der Waals surface area contributed by atoms with Gasteiger partial charge in [0.2, 0.25) is 0 Å². The van der Waals surface area contributed by atoms with E-state index in [2.05, 4.69) is 24.8 Å². The van der Waals surface area contributed by atoms with Crippen molar-refractivity contribution in [1.82, 2.24) is 4.90 Å². The average Bonchev–Trinajstić information content (AvgIpc) is 2.33. The maximum absolute atomic E-state index is 9.65. The van der Waals surface area contributed by atoms with Crippen molar-refractivity contribution in [2.45, 2.75) is 38.6 Å². The van der Waals surface area contributed by atoms with Crippen LogP contribution < -0.4 is 0 Å². The Bertz CT molecular complexity index is 280. The number of morpholine rings is 1. The molecular formula is C13H22N2O. The molecule has 0 bridgehead atoms. The van der Waals surface area contributed by atoms with Gasteiger partial charge in [0.25, 0.3) is 0 Å². The van der Waals surface area contributed by atoms with Gasteiger partial charge in [-0.3, -0.25) is 4.90 Å². The molecule has 0 spiro atoms. The molecule has 0 aromatic carbocycles. The van der Waals surface area contributed by atoms with Crippen molar-refractivity contribution in [2.75, 3.05) is 26.3 Å². The number of nitriles is 1. The summed E-state index contributed by atoms with van der Waals surface area (Å²) in [6, 6.07) is 2.64. The molecule has 3 nitrogen and oxygen atoms in total. The van der Waals surface area contributed by atoms with Crippen molar-refractivity contribution in [1.29, 1.82) is 5.26 Å². The van der Waals surface area contributed by atoms with E-state index in [1.165, 1.54) is 12.8 Å². The second-order valence-electron chi connectivity index (χ2n) is 5.42. The summed E-state index contributed by atoms with van der Waals surface area (Å²) in [5, 5.41) is 9.65. The lowest BCUT2D eigenvalue weighted by Crippen LogP contribution is -2.58. The molecule has 1 aliphatic carbocycles. The van der Waals surface area contributed by atoms with Crippen LogP contribution in [-0.2, 0) is 4.74 Å². The number of hydrogen-bond acceptors (Lipinski definition) is 3. The van der Waals surface area contributed by atoms with Crippen LogP contribution in [0.15, 0.2) is 0 Å². The van der Waals surface area contributed by atoms with E-state index in [1.54, 1.807) is 0 Å². The van der Waals surface area contributed by atoms with E-state index < -0.39 is 0 Å². The first-order valence-corrected chi connectivity index (χ1v) is 6.43. The molecule has 3 heteroatoms. The van der Waals surface area contributed by atoms with Gasteiger partial charge >= 0.3 is 0 Å². The molecule has 3 atom stereocenters. The fraction of sp³-hybridized carbons (Fsp3) is 0.923. The maximum Gasteiger partial charge on any atom is 0.112 e. The Morgan fingerprint density at radius 3 is 2.56 bits per heavy atom. The van der Waals surface area contributed by atoms with Crippen molar-refractivity contribution >= 4 is 0 Å². The van der Waals surface area contributed by atoms with E-state index in [9.17, 15) is 5.26 Å². The van der Waals surface area contributed by atoms with Crippen LogP contribution in [0.4, 0.5) is 0 Å². The zero-order chi connectivity index (χ0) is 11.6. The van der Waals surface area contributed by atoms with Crippen molar-refractivity contribution < 1.29 is 4.74 Å². The van der Waals surface area contributed by atoms with E-state index in [-0.39, 0.29) is 5.54 Å². The molecule has 90 valence electrons. The minimum atomic E-state index is -0.221. The van der Waals surface area contributed by atoms with Crippen molar-refractivity contribution in [2.24, 2.45) is 11.8 Å². The Morgan fingerprint density at radius 1 is 1.25 bits per heavy atom. The molecular weight excluding hydrogens is 200 g/mol. The van der Waals surface area contributed by atoms with Gasteiger partial charge in [0.05, 0.1) is 19.3 Å². The second-order valence-corrected chi connectivity index (χ2v) is 5.42. The third kappa shape index (κ3) is 1.97. The first kappa shape index (κ1) is 11.9. The molecule has 1 saturated carbocycles. The molecule has 1 saturated heterocycles.